The van der Waals surface area contributed by atoms with Crippen LogP contribution in [0.1, 0.15) is 15.9 Å². The van der Waals surface area contributed by atoms with Gasteiger partial charge in [0.15, 0.2) is 5.78 Å². The van der Waals surface area contributed by atoms with Crippen LogP contribution in [0.4, 0.5) is 4.39 Å². The minimum atomic E-state index is -0.395. The van der Waals surface area contributed by atoms with Crippen LogP contribution in [-0.4, -0.2) is 9.76 Å². The molecule has 1 aromatic carbocycles. The maximum atomic E-state index is 13.0. The predicted molar refractivity (Wildman–Crippen MR) is 71.3 cm³/mol. The van der Waals surface area contributed by atoms with Crippen molar-refractivity contribution in [2.24, 2.45) is 0 Å². The van der Waals surface area contributed by atoms with Crippen molar-refractivity contribution in [3.63, 3.8) is 0 Å². The summed E-state index contributed by atoms with van der Waals surface area (Å²) in [5.74, 6) is -0.558. The van der Waals surface area contributed by atoms with Gasteiger partial charge in [0.1, 0.15) is 5.82 Å². The highest BCUT2D eigenvalue weighted by Crippen LogP contribution is 2.18. The topological polar surface area (TPSA) is 22.0 Å². The van der Waals surface area contributed by atoms with E-state index in [1.165, 1.54) is 27.3 Å². The highest BCUT2D eigenvalue weighted by Gasteiger charge is 2.10. The number of hydrogen-bond acceptors (Lipinski definition) is 2. The Hall–Kier alpha value is -0.820. The molecule has 0 saturated heterocycles. The lowest BCUT2D eigenvalue weighted by Gasteiger charge is -1.98. The second-order valence-corrected chi connectivity index (χ2v) is 4.91. The first-order valence-corrected chi connectivity index (χ1v) is 7.79. The van der Waals surface area contributed by atoms with Crippen molar-refractivity contribution < 1.29 is 9.18 Å². The van der Waals surface area contributed by atoms with Crippen molar-refractivity contribution in [3.8, 4) is 0 Å². The second kappa shape index (κ2) is 5.01. The van der Waals surface area contributed by atoms with Gasteiger partial charge in [-0.1, -0.05) is 12.1 Å². The zero-order chi connectivity index (χ0) is 11.5. The van der Waals surface area contributed by atoms with E-state index in [0.29, 0.717) is 11.1 Å². The monoisotopic (exact) mass is 347 g/mol. The molecule has 0 spiro atoms. The first-order valence-electron chi connectivity index (χ1n) is 4.48. The van der Waals surface area contributed by atoms with E-state index < -0.39 is 5.82 Å². The summed E-state index contributed by atoms with van der Waals surface area (Å²) in [5, 5.41) is 0. The molecule has 0 fully saturated rings. The molecule has 0 aliphatic carbocycles. The van der Waals surface area contributed by atoms with Gasteiger partial charge in [0.25, 0.3) is 0 Å². The summed E-state index contributed by atoms with van der Waals surface area (Å²) in [4.78, 5) is 11.9. The lowest BCUT2D eigenvalue weighted by Crippen LogP contribution is -1.99. The average Bonchev–Trinajstić information content (AvgIpc) is 2.76. The van der Waals surface area contributed by atoms with Crippen LogP contribution in [0.15, 0.2) is 42.7 Å². The zero-order valence-electron chi connectivity index (χ0n) is 8.06. The fraction of sp³-hybridized carbons (Fsp3) is 0. The predicted octanol–water partition coefficient (Wildman–Crippen LogP) is 3.70. The number of hydrogen-bond donors (Lipinski definition) is 0. The summed E-state index contributed by atoms with van der Waals surface area (Å²) in [7, 11) is 1.47. The van der Waals surface area contributed by atoms with Gasteiger partial charge in [0.2, 0.25) is 0 Å². The smallest absolute Gasteiger partial charge is 0.194 e. The Kier molecular flexibility index (Phi) is 3.65. The van der Waals surface area contributed by atoms with E-state index in [1.807, 2.05) is 3.97 Å². The fourth-order valence-electron chi connectivity index (χ4n) is 1.35. The van der Waals surface area contributed by atoms with Crippen LogP contribution in [-0.2, 0) is 0 Å². The maximum absolute atomic E-state index is 13.0. The van der Waals surface area contributed by atoms with Gasteiger partial charge >= 0.3 is 0 Å². The van der Waals surface area contributed by atoms with Gasteiger partial charge in [0.05, 0.1) is 0 Å². The zero-order valence-corrected chi connectivity index (χ0v) is 11.0. The summed E-state index contributed by atoms with van der Waals surface area (Å²) in [5.41, 5.74) is 0.936. The molecule has 2 aromatic rings. The van der Waals surface area contributed by atoms with Crippen molar-refractivity contribution in [1.29, 1.82) is 0 Å². The summed E-state index contributed by atoms with van der Waals surface area (Å²) in [6.07, 6.45) is 3.52. The molecule has 0 amide bonds. The average molecular weight is 347 g/mol. The molecule has 0 aliphatic rings. The van der Waals surface area contributed by atoms with E-state index in [4.69, 9.17) is 0 Å². The quantitative estimate of drug-likeness (QED) is 0.624. The molecule has 0 atom stereocenters. The summed E-state index contributed by atoms with van der Waals surface area (Å²) in [6.45, 7) is 0. The van der Waals surface area contributed by atoms with Gasteiger partial charge in [-0.25, -0.2) is 4.39 Å². The lowest BCUT2D eigenvalue weighted by molar-refractivity contribution is 0.103. The number of rotatable bonds is 3. The van der Waals surface area contributed by atoms with E-state index in [2.05, 4.69) is 21.2 Å². The Balaban J connectivity index is 2.31. The van der Waals surface area contributed by atoms with E-state index in [1.54, 1.807) is 24.5 Å². The molecular formula is C11H7FINOS. The molecule has 1 heterocycles. The molecule has 0 unspecified atom stereocenters. The fourth-order valence-corrected chi connectivity index (χ4v) is 2.35. The Morgan fingerprint density at radius 1 is 1.31 bits per heavy atom. The van der Waals surface area contributed by atoms with Gasteiger partial charge < -0.3 is 0 Å². The number of carbonyl (C=O) groups excluding carboxylic acids is 1. The standard InChI is InChI=1S/C11H7FINOS/c12-10-3-1-2-8(6-10)11(15)9-4-5-14(7-9)16-13/h1-7H. The maximum Gasteiger partial charge on any atom is 0.194 e. The number of benzene rings is 1. The van der Waals surface area contributed by atoms with Crippen LogP contribution in [0, 0.1) is 5.82 Å². The van der Waals surface area contributed by atoms with Gasteiger partial charge in [-0.05, 0) is 18.2 Å². The summed E-state index contributed by atoms with van der Waals surface area (Å²) >= 11 is 2.12. The molecular weight excluding hydrogens is 340 g/mol. The largest absolute Gasteiger partial charge is 0.290 e. The molecule has 16 heavy (non-hydrogen) atoms. The van der Waals surface area contributed by atoms with Crippen LogP contribution < -0.4 is 0 Å². The molecule has 2 nitrogen and oxygen atoms in total. The van der Waals surface area contributed by atoms with E-state index in [0.717, 1.165) is 0 Å². The molecule has 0 bridgehead atoms. The van der Waals surface area contributed by atoms with Crippen LogP contribution in [0.3, 0.4) is 0 Å². The van der Waals surface area contributed by atoms with E-state index in [9.17, 15) is 9.18 Å². The van der Waals surface area contributed by atoms with Crippen LogP contribution >= 0.6 is 30.3 Å². The first-order chi connectivity index (χ1) is 7.70. The highest BCUT2D eigenvalue weighted by atomic mass is 127. The molecule has 0 N–H and O–H groups in total. The molecule has 0 radical (unpaired) electrons. The van der Waals surface area contributed by atoms with E-state index >= 15 is 0 Å². The molecule has 5 heteroatoms. The molecule has 0 aliphatic heterocycles. The SMILES string of the molecule is O=C(c1cccc(F)c1)c1ccn(SI)c1. The Morgan fingerprint density at radius 3 is 2.75 bits per heavy atom. The van der Waals surface area contributed by atoms with E-state index in [-0.39, 0.29) is 5.78 Å². The number of aromatic nitrogens is 1. The highest BCUT2D eigenvalue weighted by molar-refractivity contribution is 14.2. The minimum absolute atomic E-state index is 0.163. The Morgan fingerprint density at radius 2 is 2.12 bits per heavy atom. The molecule has 1 aromatic heterocycles. The number of halogens is 2. The number of ketones is 1. The normalized spacial score (nSPS) is 10.4. The summed E-state index contributed by atoms with van der Waals surface area (Å²) < 4.78 is 14.8. The summed E-state index contributed by atoms with van der Waals surface area (Å²) in [6, 6.07) is 7.44. The first kappa shape index (κ1) is 11.7. The molecule has 82 valence electrons. The number of nitrogens with zero attached hydrogens (tertiary/aromatic N) is 1. The third-order valence-electron chi connectivity index (χ3n) is 2.10. The van der Waals surface area contributed by atoms with Crippen LogP contribution in [0.25, 0.3) is 0 Å². The Labute approximate surface area is 109 Å². The second-order valence-electron chi connectivity index (χ2n) is 3.17. The lowest BCUT2D eigenvalue weighted by atomic mass is 10.1. The Bertz CT molecular complexity index is 526. The minimum Gasteiger partial charge on any atom is -0.290 e. The van der Waals surface area contributed by atoms with Gasteiger partial charge in [-0.3, -0.25) is 8.77 Å². The van der Waals surface area contributed by atoms with Crippen molar-refractivity contribution in [1.82, 2.24) is 3.97 Å². The van der Waals surface area contributed by atoms with Crippen molar-refractivity contribution in [3.05, 3.63) is 59.7 Å². The van der Waals surface area contributed by atoms with Crippen LogP contribution in [0.5, 0.6) is 0 Å². The van der Waals surface area contributed by atoms with Gasteiger partial charge in [-0.2, -0.15) is 0 Å². The third-order valence-corrected chi connectivity index (χ3v) is 3.85. The van der Waals surface area contributed by atoms with Gasteiger partial charge in [-0.15, -0.1) is 0 Å². The van der Waals surface area contributed by atoms with Crippen molar-refractivity contribution >= 4 is 36.1 Å². The van der Waals surface area contributed by atoms with Crippen molar-refractivity contribution in [2.75, 3.05) is 0 Å². The third kappa shape index (κ3) is 2.46. The molecule has 2 rings (SSSR count). The number of carbonyl (C=O) groups is 1. The van der Waals surface area contributed by atoms with Crippen molar-refractivity contribution in [2.45, 2.75) is 0 Å². The van der Waals surface area contributed by atoms with Crippen LogP contribution in [0.2, 0.25) is 0 Å². The molecule has 0 saturated carbocycles. The van der Waals surface area contributed by atoms with Gasteiger partial charge in [0, 0.05) is 53.8 Å².